The molecule has 2 nitrogen and oxygen atoms in total. The van der Waals surface area contributed by atoms with Crippen LogP contribution in [0.2, 0.25) is 0 Å². The summed E-state index contributed by atoms with van der Waals surface area (Å²) in [5.41, 5.74) is 2.62. The van der Waals surface area contributed by atoms with Crippen molar-refractivity contribution < 1.29 is 22.6 Å². The number of hydrogen-bond donors (Lipinski definition) is 0. The second-order valence-corrected chi connectivity index (χ2v) is 5.13. The first kappa shape index (κ1) is 15.9. The fourth-order valence-corrected chi connectivity index (χ4v) is 2.44. The van der Waals surface area contributed by atoms with Crippen LogP contribution in [-0.4, -0.2) is 13.5 Å². The zero-order chi connectivity index (χ0) is 15.5. The van der Waals surface area contributed by atoms with E-state index in [1.807, 2.05) is 18.2 Å². The van der Waals surface area contributed by atoms with Gasteiger partial charge in [0.15, 0.2) is 0 Å². The number of benzene rings is 2. The summed E-state index contributed by atoms with van der Waals surface area (Å²) in [5, 5.41) is 0. The fourth-order valence-electron chi connectivity index (χ4n) is 1.96. The third-order valence-corrected chi connectivity index (χ3v) is 3.55. The van der Waals surface area contributed by atoms with E-state index in [-0.39, 0.29) is 5.75 Å². The lowest BCUT2D eigenvalue weighted by atomic mass is 10.00. The topological polar surface area (TPSA) is 18.5 Å². The minimum Gasteiger partial charge on any atom is -0.406 e. The van der Waals surface area contributed by atoms with Gasteiger partial charge in [0.1, 0.15) is 5.75 Å². The highest BCUT2D eigenvalue weighted by atomic mass is 79.9. The second-order valence-electron chi connectivity index (χ2n) is 4.27. The van der Waals surface area contributed by atoms with E-state index >= 15 is 0 Å². The molecule has 0 fully saturated rings. The SMILES string of the molecule is COCc1c(Br)cccc1-c1ccc(OC(F)(F)F)cc1. The van der Waals surface area contributed by atoms with Crippen LogP contribution in [0.25, 0.3) is 11.1 Å². The highest BCUT2D eigenvalue weighted by Crippen LogP contribution is 2.32. The molecule has 0 saturated heterocycles. The summed E-state index contributed by atoms with van der Waals surface area (Å²) in [4.78, 5) is 0. The molecule has 0 aromatic heterocycles. The van der Waals surface area contributed by atoms with Crippen LogP contribution in [0.15, 0.2) is 46.9 Å². The summed E-state index contributed by atoms with van der Waals surface area (Å²) >= 11 is 3.45. The van der Waals surface area contributed by atoms with E-state index in [4.69, 9.17) is 4.74 Å². The van der Waals surface area contributed by atoms with Crippen molar-refractivity contribution in [3.63, 3.8) is 0 Å². The summed E-state index contributed by atoms with van der Waals surface area (Å²) in [6.45, 7) is 0.400. The van der Waals surface area contributed by atoms with Crippen LogP contribution in [-0.2, 0) is 11.3 Å². The van der Waals surface area contributed by atoms with Crippen molar-refractivity contribution in [3.8, 4) is 16.9 Å². The van der Waals surface area contributed by atoms with Crippen LogP contribution in [0.3, 0.4) is 0 Å². The molecule has 0 bridgehead atoms. The third-order valence-electron chi connectivity index (χ3n) is 2.81. The molecule has 0 saturated carbocycles. The maximum atomic E-state index is 12.1. The fraction of sp³-hybridized carbons (Fsp3) is 0.200. The van der Waals surface area contributed by atoms with Crippen LogP contribution in [0.1, 0.15) is 5.56 Å². The van der Waals surface area contributed by atoms with Gasteiger partial charge in [-0.05, 0) is 34.9 Å². The summed E-state index contributed by atoms with van der Waals surface area (Å²) in [6, 6.07) is 11.4. The second kappa shape index (κ2) is 6.49. The smallest absolute Gasteiger partial charge is 0.406 e. The van der Waals surface area contributed by atoms with Gasteiger partial charge in [0, 0.05) is 11.6 Å². The molecule has 0 aliphatic rings. The van der Waals surface area contributed by atoms with Crippen molar-refractivity contribution in [2.45, 2.75) is 13.0 Å². The Balaban J connectivity index is 2.33. The Hall–Kier alpha value is -1.53. The molecule has 0 atom stereocenters. The first-order chi connectivity index (χ1) is 9.90. The molecule has 0 heterocycles. The first-order valence-electron chi connectivity index (χ1n) is 6.03. The average molecular weight is 361 g/mol. The molecule has 6 heteroatoms. The van der Waals surface area contributed by atoms with Gasteiger partial charge in [0.2, 0.25) is 0 Å². The van der Waals surface area contributed by atoms with Gasteiger partial charge in [0.05, 0.1) is 6.61 Å². The summed E-state index contributed by atoms with van der Waals surface area (Å²) in [5.74, 6) is -0.241. The summed E-state index contributed by atoms with van der Waals surface area (Å²) < 4.78 is 46.3. The van der Waals surface area contributed by atoms with Gasteiger partial charge in [-0.25, -0.2) is 0 Å². The van der Waals surface area contributed by atoms with Crippen LogP contribution in [0, 0.1) is 0 Å². The molecular formula is C15H12BrF3O2. The van der Waals surface area contributed by atoms with Crippen LogP contribution >= 0.6 is 15.9 Å². The molecule has 0 aliphatic heterocycles. The zero-order valence-electron chi connectivity index (χ0n) is 11.1. The van der Waals surface area contributed by atoms with Gasteiger partial charge in [-0.15, -0.1) is 13.2 Å². The Morgan fingerprint density at radius 2 is 1.71 bits per heavy atom. The highest BCUT2D eigenvalue weighted by molar-refractivity contribution is 9.10. The number of alkyl halides is 3. The number of ether oxygens (including phenoxy) is 2. The lowest BCUT2D eigenvalue weighted by Gasteiger charge is -2.13. The molecule has 0 unspecified atom stereocenters. The van der Waals surface area contributed by atoms with E-state index in [1.165, 1.54) is 12.1 Å². The molecule has 0 amide bonds. The third kappa shape index (κ3) is 4.22. The number of methoxy groups -OCH3 is 1. The van der Waals surface area contributed by atoms with Gasteiger partial charge in [-0.2, -0.15) is 0 Å². The molecule has 0 N–H and O–H groups in total. The Morgan fingerprint density at radius 1 is 1.05 bits per heavy atom. The predicted molar refractivity (Wildman–Crippen MR) is 77.0 cm³/mol. The monoisotopic (exact) mass is 360 g/mol. The van der Waals surface area contributed by atoms with Crippen LogP contribution < -0.4 is 4.74 Å². The van der Waals surface area contributed by atoms with Gasteiger partial charge in [-0.1, -0.05) is 40.2 Å². The minimum atomic E-state index is -4.68. The van der Waals surface area contributed by atoms with E-state index in [1.54, 1.807) is 19.2 Å². The number of rotatable bonds is 4. The highest BCUT2D eigenvalue weighted by Gasteiger charge is 2.30. The molecule has 0 radical (unpaired) electrons. The van der Waals surface area contributed by atoms with Crippen molar-refractivity contribution in [2.75, 3.05) is 7.11 Å². The predicted octanol–water partition coefficient (Wildman–Crippen LogP) is 5.16. The van der Waals surface area contributed by atoms with E-state index in [2.05, 4.69) is 20.7 Å². The van der Waals surface area contributed by atoms with E-state index in [0.29, 0.717) is 6.61 Å². The molecule has 112 valence electrons. The quantitative estimate of drug-likeness (QED) is 0.749. The summed E-state index contributed by atoms with van der Waals surface area (Å²) in [6.07, 6.45) is -4.68. The van der Waals surface area contributed by atoms with E-state index in [0.717, 1.165) is 21.2 Å². The van der Waals surface area contributed by atoms with Crippen molar-refractivity contribution in [1.82, 2.24) is 0 Å². The Kier molecular flexibility index (Phi) is 4.90. The number of hydrogen-bond acceptors (Lipinski definition) is 2. The molecular weight excluding hydrogens is 349 g/mol. The zero-order valence-corrected chi connectivity index (χ0v) is 12.7. The van der Waals surface area contributed by atoms with Crippen LogP contribution in [0.4, 0.5) is 13.2 Å². The lowest BCUT2D eigenvalue weighted by Crippen LogP contribution is -2.16. The first-order valence-corrected chi connectivity index (χ1v) is 6.82. The van der Waals surface area contributed by atoms with Crippen molar-refractivity contribution in [1.29, 1.82) is 0 Å². The Labute approximate surface area is 128 Å². The molecule has 2 aromatic carbocycles. The molecule has 2 aromatic rings. The molecule has 2 rings (SSSR count). The van der Waals surface area contributed by atoms with E-state index in [9.17, 15) is 13.2 Å². The molecule has 0 aliphatic carbocycles. The van der Waals surface area contributed by atoms with Crippen LogP contribution in [0.5, 0.6) is 5.75 Å². The Morgan fingerprint density at radius 3 is 2.29 bits per heavy atom. The minimum absolute atomic E-state index is 0.241. The maximum Gasteiger partial charge on any atom is 0.573 e. The molecule has 21 heavy (non-hydrogen) atoms. The molecule has 0 spiro atoms. The van der Waals surface area contributed by atoms with Gasteiger partial charge in [-0.3, -0.25) is 0 Å². The Bertz CT molecular complexity index is 609. The lowest BCUT2D eigenvalue weighted by molar-refractivity contribution is -0.274. The van der Waals surface area contributed by atoms with Gasteiger partial charge >= 0.3 is 6.36 Å². The van der Waals surface area contributed by atoms with Gasteiger partial charge in [0.25, 0.3) is 0 Å². The maximum absolute atomic E-state index is 12.1. The largest absolute Gasteiger partial charge is 0.573 e. The number of halogens is 4. The van der Waals surface area contributed by atoms with Crippen molar-refractivity contribution in [3.05, 3.63) is 52.5 Å². The normalized spacial score (nSPS) is 11.5. The van der Waals surface area contributed by atoms with E-state index < -0.39 is 6.36 Å². The van der Waals surface area contributed by atoms with Gasteiger partial charge < -0.3 is 9.47 Å². The van der Waals surface area contributed by atoms with Crippen molar-refractivity contribution >= 4 is 15.9 Å². The van der Waals surface area contributed by atoms with Crippen molar-refractivity contribution in [2.24, 2.45) is 0 Å². The average Bonchev–Trinajstić information content (AvgIpc) is 2.40. The standard InChI is InChI=1S/C15H12BrF3O2/c1-20-9-13-12(3-2-4-14(13)16)10-5-7-11(8-6-10)21-15(17,18)19/h2-8H,9H2,1H3. The summed E-state index contributed by atoms with van der Waals surface area (Å²) in [7, 11) is 1.59.